The van der Waals surface area contributed by atoms with Crippen LogP contribution >= 0.6 is 11.3 Å². The Morgan fingerprint density at radius 1 is 1.30 bits per heavy atom. The van der Waals surface area contributed by atoms with E-state index < -0.39 is 5.72 Å². The fourth-order valence-electron chi connectivity index (χ4n) is 3.53. The van der Waals surface area contributed by atoms with Crippen molar-refractivity contribution in [3.05, 3.63) is 34.8 Å². The summed E-state index contributed by atoms with van der Waals surface area (Å²) in [6, 6.07) is 7.04. The van der Waals surface area contributed by atoms with Crippen LogP contribution in [-0.2, 0) is 9.59 Å². The maximum absolute atomic E-state index is 12.6. The van der Waals surface area contributed by atoms with Gasteiger partial charge in [0.1, 0.15) is 10.8 Å². The van der Waals surface area contributed by atoms with Crippen molar-refractivity contribution in [3.8, 4) is 5.75 Å². The Balaban J connectivity index is 1.40. The summed E-state index contributed by atoms with van der Waals surface area (Å²) in [6.45, 7) is 4.21. The first-order valence-corrected chi connectivity index (χ1v) is 10.7. The zero-order valence-corrected chi connectivity index (χ0v) is 17.6. The van der Waals surface area contributed by atoms with Crippen LogP contribution in [0.25, 0.3) is 0 Å². The van der Waals surface area contributed by atoms with E-state index in [0.717, 1.165) is 5.01 Å². The van der Waals surface area contributed by atoms with Gasteiger partial charge in [0.2, 0.25) is 16.9 Å². The summed E-state index contributed by atoms with van der Waals surface area (Å²) >= 11 is 1.32. The van der Waals surface area contributed by atoms with Gasteiger partial charge in [-0.05, 0) is 12.1 Å². The second-order valence-electron chi connectivity index (χ2n) is 7.76. The summed E-state index contributed by atoms with van der Waals surface area (Å²) in [5.41, 5.74) is -0.467. The lowest BCUT2D eigenvalue weighted by Gasteiger charge is -2.38. The van der Waals surface area contributed by atoms with E-state index >= 15 is 0 Å². The molecule has 3 heterocycles. The van der Waals surface area contributed by atoms with E-state index in [-0.39, 0.29) is 36.6 Å². The zero-order valence-electron chi connectivity index (χ0n) is 16.8. The van der Waals surface area contributed by atoms with Crippen molar-refractivity contribution in [2.24, 2.45) is 0 Å². The number of nitrogens with zero attached hydrogens (tertiary/aromatic N) is 3. The second-order valence-corrected chi connectivity index (χ2v) is 8.77. The Labute approximate surface area is 177 Å². The molecule has 9 nitrogen and oxygen atoms in total. The van der Waals surface area contributed by atoms with E-state index in [4.69, 9.17) is 4.74 Å². The minimum absolute atomic E-state index is 0.0873. The van der Waals surface area contributed by atoms with Crippen LogP contribution in [0.1, 0.15) is 54.4 Å². The number of likely N-dealkylation sites (tertiary alicyclic amines) is 1. The number of amides is 3. The normalized spacial score (nSPS) is 21.1. The highest BCUT2D eigenvalue weighted by Crippen LogP contribution is 2.33. The first-order chi connectivity index (χ1) is 14.3. The van der Waals surface area contributed by atoms with Gasteiger partial charge in [0, 0.05) is 31.7 Å². The van der Waals surface area contributed by atoms with E-state index in [1.807, 2.05) is 19.9 Å². The quantitative estimate of drug-likeness (QED) is 0.770. The fourth-order valence-corrected chi connectivity index (χ4v) is 4.29. The van der Waals surface area contributed by atoms with E-state index in [1.54, 1.807) is 18.2 Å². The number of benzene rings is 1. The topological polar surface area (TPSA) is 114 Å². The predicted octanol–water partition coefficient (Wildman–Crippen LogP) is 2.13. The predicted molar refractivity (Wildman–Crippen MR) is 110 cm³/mol. The molecule has 1 spiro atoms. The van der Waals surface area contributed by atoms with Crippen molar-refractivity contribution in [1.82, 2.24) is 20.4 Å². The van der Waals surface area contributed by atoms with E-state index in [2.05, 4.69) is 20.8 Å². The highest BCUT2D eigenvalue weighted by atomic mass is 32.1. The third kappa shape index (κ3) is 4.13. The molecule has 1 fully saturated rings. The van der Waals surface area contributed by atoms with E-state index in [9.17, 15) is 14.4 Å². The summed E-state index contributed by atoms with van der Waals surface area (Å²) in [4.78, 5) is 39.0. The monoisotopic (exact) mass is 429 g/mol. The number of hydrogen-bond donors (Lipinski definition) is 2. The highest BCUT2D eigenvalue weighted by Gasteiger charge is 2.42. The van der Waals surface area contributed by atoms with Gasteiger partial charge in [-0.25, -0.2) is 0 Å². The van der Waals surface area contributed by atoms with Crippen molar-refractivity contribution < 1.29 is 19.1 Å². The van der Waals surface area contributed by atoms with Gasteiger partial charge in [-0.2, -0.15) is 0 Å². The van der Waals surface area contributed by atoms with Crippen molar-refractivity contribution in [3.63, 3.8) is 0 Å². The highest BCUT2D eigenvalue weighted by molar-refractivity contribution is 7.15. The van der Waals surface area contributed by atoms with Gasteiger partial charge in [-0.1, -0.05) is 37.3 Å². The molecule has 0 radical (unpaired) electrons. The van der Waals surface area contributed by atoms with Crippen molar-refractivity contribution >= 4 is 34.2 Å². The van der Waals surface area contributed by atoms with Crippen molar-refractivity contribution in [2.45, 2.75) is 44.8 Å². The molecule has 1 aromatic carbocycles. The van der Waals surface area contributed by atoms with Crippen LogP contribution in [0.2, 0.25) is 0 Å². The molecular weight excluding hydrogens is 406 g/mol. The Morgan fingerprint density at radius 3 is 2.87 bits per heavy atom. The molecule has 0 aliphatic carbocycles. The van der Waals surface area contributed by atoms with Gasteiger partial charge in [-0.15, -0.1) is 10.2 Å². The molecule has 1 saturated heterocycles. The van der Waals surface area contributed by atoms with Gasteiger partial charge in [0.05, 0.1) is 12.1 Å². The molecule has 30 heavy (non-hydrogen) atoms. The minimum atomic E-state index is -0.947. The number of rotatable bonds is 4. The standard InChI is InChI=1S/C20H23N5O4S/c1-12(2)18-23-24-19(30-18)21-15(26)11-25-10-9-20(8-7-16(25)27)22-17(28)13-5-3-4-6-14(13)29-20/h3-6,12H,7-11H2,1-2H3,(H,22,28)(H,21,24,26)/t20-/m1/s1. The molecule has 2 aliphatic heterocycles. The first-order valence-electron chi connectivity index (χ1n) is 9.87. The molecule has 0 saturated carbocycles. The molecule has 1 aromatic heterocycles. The maximum Gasteiger partial charge on any atom is 0.258 e. The first kappa shape index (κ1) is 20.3. The average Bonchev–Trinajstić information content (AvgIpc) is 3.13. The molecule has 10 heteroatoms. The number of para-hydroxylation sites is 1. The number of ether oxygens (including phenoxy) is 1. The molecule has 3 amide bonds. The number of hydrogen-bond acceptors (Lipinski definition) is 7. The summed E-state index contributed by atoms with van der Waals surface area (Å²) < 4.78 is 6.11. The zero-order chi connectivity index (χ0) is 21.3. The number of fused-ring (bicyclic) bond motifs is 1. The van der Waals surface area contributed by atoms with Crippen molar-refractivity contribution in [1.29, 1.82) is 0 Å². The van der Waals surface area contributed by atoms with E-state index in [1.165, 1.54) is 16.2 Å². The lowest BCUT2D eigenvalue weighted by Crippen LogP contribution is -2.56. The lowest BCUT2D eigenvalue weighted by molar-refractivity contribution is -0.134. The van der Waals surface area contributed by atoms with Crippen LogP contribution in [-0.4, -0.2) is 51.6 Å². The van der Waals surface area contributed by atoms with Gasteiger partial charge < -0.3 is 15.0 Å². The lowest BCUT2D eigenvalue weighted by atomic mass is 10.0. The summed E-state index contributed by atoms with van der Waals surface area (Å²) in [6.07, 6.45) is 0.909. The van der Waals surface area contributed by atoms with Gasteiger partial charge in [0.25, 0.3) is 5.91 Å². The summed E-state index contributed by atoms with van der Waals surface area (Å²) in [5, 5.41) is 14.9. The third-order valence-electron chi connectivity index (χ3n) is 5.17. The Kier molecular flexibility index (Phi) is 5.42. The van der Waals surface area contributed by atoms with Crippen LogP contribution in [0.3, 0.4) is 0 Å². The summed E-state index contributed by atoms with van der Waals surface area (Å²) in [5.74, 6) is 0.0424. The third-order valence-corrected chi connectivity index (χ3v) is 6.31. The van der Waals surface area contributed by atoms with Crippen LogP contribution in [0, 0.1) is 0 Å². The molecular formula is C20H23N5O4S. The van der Waals surface area contributed by atoms with Crippen LogP contribution in [0.5, 0.6) is 5.75 Å². The summed E-state index contributed by atoms with van der Waals surface area (Å²) in [7, 11) is 0. The number of nitrogens with one attached hydrogen (secondary N) is 2. The van der Waals surface area contributed by atoms with Crippen LogP contribution in [0.4, 0.5) is 5.13 Å². The second kappa shape index (κ2) is 8.02. The molecule has 0 unspecified atom stereocenters. The SMILES string of the molecule is CC(C)c1nnc(NC(=O)CN2CC[C@]3(CCC2=O)NC(=O)c2ccccc2O3)s1. The average molecular weight is 430 g/mol. The number of anilines is 1. The largest absolute Gasteiger partial charge is 0.467 e. The fraction of sp³-hybridized carbons (Fsp3) is 0.450. The number of carbonyl (C=O) groups excluding carboxylic acids is 3. The van der Waals surface area contributed by atoms with E-state index in [0.29, 0.717) is 35.8 Å². The molecule has 2 N–H and O–H groups in total. The Bertz CT molecular complexity index is 991. The van der Waals surface area contributed by atoms with Gasteiger partial charge in [-0.3, -0.25) is 19.7 Å². The Morgan fingerprint density at radius 2 is 2.10 bits per heavy atom. The molecule has 2 aliphatic rings. The maximum atomic E-state index is 12.6. The van der Waals surface area contributed by atoms with Gasteiger partial charge >= 0.3 is 0 Å². The number of carbonyl (C=O) groups is 3. The van der Waals surface area contributed by atoms with Crippen LogP contribution in [0.15, 0.2) is 24.3 Å². The van der Waals surface area contributed by atoms with Crippen molar-refractivity contribution in [2.75, 3.05) is 18.4 Å². The molecule has 4 rings (SSSR count). The molecule has 2 aromatic rings. The van der Waals surface area contributed by atoms with Gasteiger partial charge in [0.15, 0.2) is 5.72 Å². The molecule has 158 valence electrons. The smallest absolute Gasteiger partial charge is 0.258 e. The van der Waals surface area contributed by atoms with Crippen LogP contribution < -0.4 is 15.4 Å². The number of aromatic nitrogens is 2. The molecule has 0 bridgehead atoms. The minimum Gasteiger partial charge on any atom is -0.467 e. The Hall–Kier alpha value is -3.01. The molecule has 1 atom stereocenters.